The Balaban J connectivity index is 1.57. The number of aromatic amines is 1. The molecule has 0 bridgehead atoms. The van der Waals surface area contributed by atoms with Crippen molar-refractivity contribution in [2.45, 2.75) is 110 Å². The molecular formula is C30H48N6O4S. The van der Waals surface area contributed by atoms with Crippen LogP contribution >= 0.6 is 0 Å². The van der Waals surface area contributed by atoms with Gasteiger partial charge in [0.1, 0.15) is 5.75 Å². The minimum Gasteiger partial charge on any atom is -0.482 e. The van der Waals surface area contributed by atoms with E-state index >= 15 is 0 Å². The van der Waals surface area contributed by atoms with Crippen LogP contribution in [0.3, 0.4) is 0 Å². The van der Waals surface area contributed by atoms with Crippen molar-refractivity contribution in [3.63, 3.8) is 0 Å². The van der Waals surface area contributed by atoms with E-state index in [1.807, 2.05) is 38.3 Å². The van der Waals surface area contributed by atoms with Gasteiger partial charge in [-0.1, -0.05) is 85.8 Å². The molecule has 1 atom stereocenters. The van der Waals surface area contributed by atoms with E-state index in [2.05, 4.69) is 53.0 Å². The van der Waals surface area contributed by atoms with Crippen molar-refractivity contribution in [1.29, 1.82) is 0 Å². The lowest BCUT2D eigenvalue weighted by Gasteiger charge is -2.40. The normalized spacial score (nSPS) is 13.4. The predicted molar refractivity (Wildman–Crippen MR) is 164 cm³/mol. The van der Waals surface area contributed by atoms with Crippen LogP contribution in [0.4, 0.5) is 5.69 Å². The summed E-state index contributed by atoms with van der Waals surface area (Å²) in [4.78, 5) is 13.1. The molecule has 0 aliphatic rings. The van der Waals surface area contributed by atoms with Crippen LogP contribution < -0.4 is 14.8 Å². The number of rotatable bonds is 16. The fraction of sp³-hybridized carbons (Fsp3) is 0.633. The maximum Gasteiger partial charge on any atom is 0.261 e. The maximum absolute atomic E-state index is 13.1. The van der Waals surface area contributed by atoms with E-state index < -0.39 is 22.2 Å². The molecule has 1 aromatic carbocycles. The highest BCUT2D eigenvalue weighted by atomic mass is 32.2. The van der Waals surface area contributed by atoms with Gasteiger partial charge >= 0.3 is 0 Å². The van der Waals surface area contributed by atoms with Crippen LogP contribution in [0.25, 0.3) is 5.65 Å². The van der Waals surface area contributed by atoms with Crippen molar-refractivity contribution in [2.24, 2.45) is 0 Å². The smallest absolute Gasteiger partial charge is 0.261 e. The SMILES string of the molecule is CCCCCCCCOS(=O)Nc1ccccc1OCC(=O)NC(C)(C)C(C)(C)c1nnc2cc(C(C)(C)C)[nH]n12. The number of carbonyl (C=O) groups is 1. The summed E-state index contributed by atoms with van der Waals surface area (Å²) in [5.41, 5.74) is 0.921. The summed E-state index contributed by atoms with van der Waals surface area (Å²) in [6, 6.07) is 9.07. The summed E-state index contributed by atoms with van der Waals surface area (Å²) >= 11 is -1.71. The average Bonchev–Trinajstić information content (AvgIpc) is 3.49. The van der Waals surface area contributed by atoms with Crippen LogP contribution in [0.15, 0.2) is 30.3 Å². The molecule has 41 heavy (non-hydrogen) atoms. The van der Waals surface area contributed by atoms with E-state index in [-0.39, 0.29) is 17.9 Å². The molecule has 1 amide bonds. The third-order valence-electron chi connectivity index (χ3n) is 7.70. The van der Waals surface area contributed by atoms with Gasteiger partial charge in [-0.15, -0.1) is 10.2 Å². The number of hydrogen-bond acceptors (Lipinski definition) is 6. The van der Waals surface area contributed by atoms with Gasteiger partial charge in [-0.2, -0.15) is 0 Å². The minimum absolute atomic E-state index is 0.0685. The second kappa shape index (κ2) is 13.8. The molecular weight excluding hydrogens is 540 g/mol. The molecule has 3 rings (SSSR count). The molecule has 2 aromatic heterocycles. The van der Waals surface area contributed by atoms with Crippen molar-refractivity contribution in [3.05, 3.63) is 41.9 Å². The first-order valence-electron chi connectivity index (χ1n) is 14.6. The molecule has 11 heteroatoms. The first-order chi connectivity index (χ1) is 19.3. The summed E-state index contributed by atoms with van der Waals surface area (Å²) in [6.45, 7) is 16.8. The number of nitrogens with zero attached hydrogens (tertiary/aromatic N) is 3. The summed E-state index contributed by atoms with van der Waals surface area (Å²) in [6.07, 6.45) is 6.77. The van der Waals surface area contributed by atoms with Crippen LogP contribution in [-0.4, -0.2) is 48.7 Å². The number of nitrogens with one attached hydrogen (secondary N) is 3. The Morgan fingerprint density at radius 2 is 1.68 bits per heavy atom. The van der Waals surface area contributed by atoms with Crippen LogP contribution in [0, 0.1) is 0 Å². The average molecular weight is 589 g/mol. The standard InChI is InChI=1S/C30H48N6O4S/c1-9-10-11-12-13-16-19-40-41(38)35-22-17-14-15-18-23(22)39-21-26(37)31-30(7,8)29(5,6)27-33-32-25-20-24(28(2,3)4)34-36(25)27/h14-15,17-18,20,34-35H,9-13,16,19,21H2,1-8H3,(H,31,37). The molecule has 0 spiro atoms. The van der Waals surface area contributed by atoms with E-state index in [1.165, 1.54) is 19.3 Å². The van der Waals surface area contributed by atoms with Gasteiger partial charge in [0.2, 0.25) is 0 Å². The van der Waals surface area contributed by atoms with Gasteiger partial charge < -0.3 is 10.1 Å². The molecule has 10 nitrogen and oxygen atoms in total. The Hall–Kier alpha value is -2.92. The fourth-order valence-corrected chi connectivity index (χ4v) is 5.02. The molecule has 0 aliphatic carbocycles. The zero-order valence-corrected chi connectivity index (χ0v) is 26.7. The van der Waals surface area contributed by atoms with Crippen LogP contribution in [0.1, 0.15) is 105 Å². The summed E-state index contributed by atoms with van der Waals surface area (Å²) < 4.78 is 28.4. The lowest BCUT2D eigenvalue weighted by Crippen LogP contribution is -2.57. The molecule has 228 valence electrons. The van der Waals surface area contributed by atoms with Crippen molar-refractivity contribution in [1.82, 2.24) is 25.1 Å². The second-order valence-electron chi connectivity index (χ2n) is 12.6. The molecule has 0 saturated carbocycles. The molecule has 0 saturated heterocycles. The van der Waals surface area contributed by atoms with E-state index in [1.54, 1.807) is 24.3 Å². The Bertz CT molecular complexity index is 1310. The highest BCUT2D eigenvalue weighted by Crippen LogP contribution is 2.34. The van der Waals surface area contributed by atoms with Crippen LogP contribution in [-0.2, 0) is 31.1 Å². The number of unbranched alkanes of at least 4 members (excludes halogenated alkanes) is 5. The largest absolute Gasteiger partial charge is 0.482 e. The monoisotopic (exact) mass is 588 g/mol. The number of benzene rings is 1. The van der Waals surface area contributed by atoms with E-state index in [4.69, 9.17) is 8.92 Å². The van der Waals surface area contributed by atoms with Gasteiger partial charge in [-0.25, -0.2) is 8.72 Å². The third-order valence-corrected chi connectivity index (χ3v) is 8.47. The van der Waals surface area contributed by atoms with E-state index in [0.29, 0.717) is 23.9 Å². The zero-order valence-electron chi connectivity index (χ0n) is 25.9. The Labute approximate surface area is 247 Å². The zero-order chi connectivity index (χ0) is 30.3. The lowest BCUT2D eigenvalue weighted by molar-refractivity contribution is -0.125. The fourth-order valence-electron chi connectivity index (χ4n) is 4.35. The van der Waals surface area contributed by atoms with Crippen molar-refractivity contribution in [2.75, 3.05) is 17.9 Å². The van der Waals surface area contributed by atoms with Crippen molar-refractivity contribution in [3.8, 4) is 5.75 Å². The summed E-state index contributed by atoms with van der Waals surface area (Å²) in [5, 5.41) is 15.3. The highest BCUT2D eigenvalue weighted by Gasteiger charge is 2.43. The highest BCUT2D eigenvalue weighted by molar-refractivity contribution is 7.81. The van der Waals surface area contributed by atoms with Crippen molar-refractivity contribution < 1.29 is 17.9 Å². The molecule has 0 radical (unpaired) electrons. The van der Waals surface area contributed by atoms with Gasteiger partial charge in [-0.3, -0.25) is 18.8 Å². The minimum atomic E-state index is -1.71. The number of carbonyl (C=O) groups excluding carboxylic acids is 1. The molecule has 0 aliphatic heterocycles. The number of para-hydroxylation sites is 2. The molecule has 0 fully saturated rings. The van der Waals surface area contributed by atoms with Gasteiger partial charge in [0.05, 0.1) is 12.3 Å². The van der Waals surface area contributed by atoms with E-state index in [0.717, 1.165) is 30.6 Å². The quantitative estimate of drug-likeness (QED) is 0.177. The topological polar surface area (TPSA) is 123 Å². The molecule has 1 unspecified atom stereocenters. The van der Waals surface area contributed by atoms with E-state index in [9.17, 15) is 9.00 Å². The third kappa shape index (κ3) is 8.54. The molecule has 3 aromatic rings. The summed E-state index contributed by atoms with van der Waals surface area (Å²) in [7, 11) is 0. The first kappa shape index (κ1) is 32.6. The van der Waals surface area contributed by atoms with Crippen molar-refractivity contribution >= 4 is 28.5 Å². The number of ether oxygens (including phenoxy) is 1. The molecule has 2 heterocycles. The number of anilines is 1. The van der Waals surface area contributed by atoms with Gasteiger partial charge in [0.25, 0.3) is 17.2 Å². The predicted octanol–water partition coefficient (Wildman–Crippen LogP) is 5.97. The van der Waals surface area contributed by atoms with Crippen LogP contribution in [0.5, 0.6) is 5.75 Å². The van der Waals surface area contributed by atoms with Gasteiger partial charge in [-0.05, 0) is 32.4 Å². The summed E-state index contributed by atoms with van der Waals surface area (Å²) in [5.74, 6) is 0.838. The number of fused-ring (bicyclic) bond motifs is 1. The number of hydrogen-bond donors (Lipinski definition) is 3. The number of H-pyrrole nitrogens is 1. The maximum atomic E-state index is 13.1. The van der Waals surface area contributed by atoms with Crippen LogP contribution in [0.2, 0.25) is 0 Å². The molecule has 3 N–H and O–H groups in total. The lowest BCUT2D eigenvalue weighted by atomic mass is 9.73. The Kier molecular flexibility index (Phi) is 11.0. The Morgan fingerprint density at radius 1 is 1.00 bits per heavy atom. The number of amides is 1. The Morgan fingerprint density at radius 3 is 2.39 bits per heavy atom. The van der Waals surface area contributed by atoms with Gasteiger partial charge in [0, 0.05) is 28.1 Å². The first-order valence-corrected chi connectivity index (χ1v) is 15.6. The van der Waals surface area contributed by atoms with Gasteiger partial charge in [0.15, 0.2) is 18.1 Å². The number of aromatic nitrogens is 4. The second-order valence-corrected chi connectivity index (χ2v) is 13.6.